The summed E-state index contributed by atoms with van der Waals surface area (Å²) in [5.41, 5.74) is 3.28. The molecule has 8 heteroatoms. The molecular formula is C35H53N5O3. The van der Waals surface area contributed by atoms with E-state index < -0.39 is 0 Å². The molecule has 0 aliphatic carbocycles. The fourth-order valence-electron chi connectivity index (χ4n) is 5.23. The van der Waals surface area contributed by atoms with E-state index in [0.29, 0.717) is 37.9 Å². The third kappa shape index (κ3) is 12.7. The summed E-state index contributed by atoms with van der Waals surface area (Å²) in [6.45, 7) is 14.3. The number of unbranched alkanes of at least 4 members (excludes halogenated alkanes) is 3. The number of carbonyl (C=O) groups is 1. The number of hydrogen-bond donors (Lipinski definition) is 0. The highest BCUT2D eigenvalue weighted by atomic mass is 16.5. The molecule has 2 atom stereocenters. The van der Waals surface area contributed by atoms with Crippen molar-refractivity contribution in [1.82, 2.24) is 15.0 Å². The molecule has 0 spiro atoms. The lowest BCUT2D eigenvalue weighted by molar-refractivity contribution is -0.114. The Bertz CT molecular complexity index is 1160. The zero-order valence-electron chi connectivity index (χ0n) is 27.2. The van der Waals surface area contributed by atoms with Crippen molar-refractivity contribution in [2.24, 2.45) is 11.8 Å². The van der Waals surface area contributed by atoms with Gasteiger partial charge in [0.1, 0.15) is 11.6 Å². The number of nitriles is 1. The third-order valence-electron chi connectivity index (χ3n) is 7.73. The molecule has 0 saturated carbocycles. The Labute approximate surface area is 259 Å². The van der Waals surface area contributed by atoms with E-state index in [1.807, 2.05) is 12.3 Å². The minimum atomic E-state index is 0.0681. The summed E-state index contributed by atoms with van der Waals surface area (Å²) in [5.74, 6) is 2.44. The van der Waals surface area contributed by atoms with E-state index in [-0.39, 0.29) is 11.7 Å². The summed E-state index contributed by atoms with van der Waals surface area (Å²) in [4.78, 5) is 28.3. The number of ether oxygens (including phenoxy) is 2. The average Bonchev–Trinajstić information content (AvgIpc) is 3.02. The van der Waals surface area contributed by atoms with Gasteiger partial charge in [0.15, 0.2) is 5.78 Å². The fourth-order valence-corrected chi connectivity index (χ4v) is 5.23. The zero-order valence-corrected chi connectivity index (χ0v) is 27.2. The van der Waals surface area contributed by atoms with E-state index in [4.69, 9.17) is 19.4 Å². The van der Waals surface area contributed by atoms with Gasteiger partial charge in [0.2, 0.25) is 0 Å². The van der Waals surface area contributed by atoms with Crippen LogP contribution in [0.15, 0.2) is 31.1 Å². The molecule has 2 heterocycles. The van der Waals surface area contributed by atoms with Crippen LogP contribution in [0.4, 0.5) is 5.82 Å². The van der Waals surface area contributed by atoms with Crippen LogP contribution in [0.5, 0.6) is 11.8 Å². The molecule has 0 fully saturated rings. The second kappa shape index (κ2) is 20.4. The van der Waals surface area contributed by atoms with Crippen LogP contribution < -0.4 is 14.4 Å². The first-order valence-corrected chi connectivity index (χ1v) is 16.1. The third-order valence-corrected chi connectivity index (χ3v) is 7.73. The molecule has 0 aliphatic rings. The maximum Gasteiger partial charge on any atom is 0.318 e. The maximum absolute atomic E-state index is 11.8. The Kier molecular flexibility index (Phi) is 17.0. The van der Waals surface area contributed by atoms with Crippen molar-refractivity contribution in [2.75, 3.05) is 31.7 Å². The van der Waals surface area contributed by atoms with Gasteiger partial charge in [0, 0.05) is 49.5 Å². The van der Waals surface area contributed by atoms with Crippen molar-refractivity contribution in [3.8, 4) is 17.8 Å². The van der Waals surface area contributed by atoms with Gasteiger partial charge < -0.3 is 14.4 Å². The first-order chi connectivity index (χ1) is 20.9. The zero-order chi connectivity index (χ0) is 31.5. The van der Waals surface area contributed by atoms with E-state index in [0.717, 1.165) is 86.3 Å². The Balaban J connectivity index is 2.35. The molecule has 8 nitrogen and oxygen atoms in total. The topological polar surface area (TPSA) is 101 Å². The molecule has 0 radical (unpaired) electrons. The predicted octanol–water partition coefficient (Wildman–Crippen LogP) is 7.49. The summed E-state index contributed by atoms with van der Waals surface area (Å²) in [7, 11) is 1.69. The molecule has 0 amide bonds. The molecule has 2 aromatic rings. The lowest BCUT2D eigenvalue weighted by Gasteiger charge is -2.29. The number of hydrogen-bond acceptors (Lipinski definition) is 8. The number of allylic oxidation sites excluding steroid dienone is 1. The lowest BCUT2D eigenvalue weighted by Crippen LogP contribution is -2.32. The number of aryl methyl sites for hydroxylation is 2. The van der Waals surface area contributed by atoms with Gasteiger partial charge in [-0.2, -0.15) is 15.2 Å². The summed E-state index contributed by atoms with van der Waals surface area (Å²) in [6.07, 6.45) is 15.5. The van der Waals surface area contributed by atoms with Crippen molar-refractivity contribution < 1.29 is 14.3 Å². The highest BCUT2D eigenvalue weighted by Crippen LogP contribution is 2.29. The first kappa shape index (κ1) is 35.7. The average molecular weight is 592 g/mol. The molecule has 2 rings (SSSR count). The van der Waals surface area contributed by atoms with Gasteiger partial charge >= 0.3 is 6.01 Å². The second-order valence-corrected chi connectivity index (χ2v) is 11.6. The van der Waals surface area contributed by atoms with Crippen LogP contribution in [-0.4, -0.2) is 47.5 Å². The monoisotopic (exact) mass is 591 g/mol. The summed E-state index contributed by atoms with van der Waals surface area (Å²) in [5, 5.41) is 9.39. The summed E-state index contributed by atoms with van der Waals surface area (Å²) in [6, 6.07) is 4.66. The van der Waals surface area contributed by atoms with Crippen molar-refractivity contribution in [2.45, 2.75) is 105 Å². The summed E-state index contributed by atoms with van der Waals surface area (Å²) < 4.78 is 11.7. The highest BCUT2D eigenvalue weighted by Gasteiger charge is 2.22. The Morgan fingerprint density at radius 2 is 1.91 bits per heavy atom. The molecule has 0 aromatic carbocycles. The minimum absolute atomic E-state index is 0.0681. The Morgan fingerprint density at radius 3 is 2.60 bits per heavy atom. The number of aromatic nitrogens is 3. The number of nitrogens with zero attached hydrogens (tertiary/aromatic N) is 5. The minimum Gasteiger partial charge on any atom is -0.496 e. The van der Waals surface area contributed by atoms with Crippen LogP contribution in [0, 0.1) is 23.2 Å². The number of rotatable bonds is 23. The smallest absolute Gasteiger partial charge is 0.318 e. The van der Waals surface area contributed by atoms with Crippen LogP contribution in [-0.2, 0) is 24.1 Å². The molecular weight excluding hydrogens is 538 g/mol. The number of ketones is 1. The lowest BCUT2D eigenvalue weighted by atomic mass is 10.0. The maximum atomic E-state index is 11.8. The van der Waals surface area contributed by atoms with Crippen LogP contribution in [0.3, 0.4) is 0 Å². The second-order valence-electron chi connectivity index (χ2n) is 11.6. The molecule has 43 heavy (non-hydrogen) atoms. The quantitative estimate of drug-likeness (QED) is 0.0967. The van der Waals surface area contributed by atoms with Gasteiger partial charge in [0.05, 0.1) is 25.5 Å². The number of methoxy groups -OCH3 is 1. The Hall–Kier alpha value is -3.47. The Morgan fingerprint density at radius 1 is 1.12 bits per heavy atom. The standard InChI is InChI=1S/C35H53N5O3/c1-7-10-15-28(5)26-43-35-38-32(9-3)31(18-12-11-16-29-24-37-22-20-33(29)42-6)34(39-35)40(25-27(4)19-21-36)23-14-13-17-30(41)8-2/h8,20,22,24,27-28H,2,7,9-19,23,25-26H2,1,3-6H3/t27-,28-/m0/s1. The van der Waals surface area contributed by atoms with Crippen molar-refractivity contribution in [1.29, 1.82) is 5.26 Å². The number of anilines is 1. The SMILES string of the molecule is C=CC(=O)CCCCN(C[C@@H](C)CC#N)c1nc(OC[C@@H](C)CCCC)nc(CC)c1CCCCc1cnccc1OC. The van der Waals surface area contributed by atoms with Crippen LogP contribution in [0.1, 0.15) is 102 Å². The number of carbonyl (C=O) groups excluding carboxylic acids is 1. The van der Waals surface area contributed by atoms with Gasteiger partial charge in [-0.1, -0.05) is 47.1 Å². The van der Waals surface area contributed by atoms with Crippen molar-refractivity contribution in [3.05, 3.63) is 47.9 Å². The van der Waals surface area contributed by atoms with E-state index in [1.165, 1.54) is 18.9 Å². The van der Waals surface area contributed by atoms with Gasteiger partial charge in [0.25, 0.3) is 0 Å². The van der Waals surface area contributed by atoms with E-state index in [1.54, 1.807) is 13.3 Å². The number of pyridine rings is 1. The van der Waals surface area contributed by atoms with Gasteiger partial charge in [-0.05, 0) is 75.3 Å². The van der Waals surface area contributed by atoms with Gasteiger partial charge in [-0.25, -0.2) is 0 Å². The van der Waals surface area contributed by atoms with Crippen LogP contribution in [0.2, 0.25) is 0 Å². The van der Waals surface area contributed by atoms with Gasteiger partial charge in [-0.15, -0.1) is 0 Å². The fraction of sp³-hybridized carbons (Fsp3) is 0.629. The predicted molar refractivity (Wildman–Crippen MR) is 174 cm³/mol. The molecule has 236 valence electrons. The van der Waals surface area contributed by atoms with Crippen LogP contribution in [0.25, 0.3) is 0 Å². The molecule has 0 bridgehead atoms. The normalized spacial score (nSPS) is 12.3. The first-order valence-electron chi connectivity index (χ1n) is 16.1. The van der Waals surface area contributed by atoms with E-state index in [9.17, 15) is 10.1 Å². The van der Waals surface area contributed by atoms with Crippen molar-refractivity contribution in [3.63, 3.8) is 0 Å². The molecule has 2 aromatic heterocycles. The molecule has 0 unspecified atom stereocenters. The van der Waals surface area contributed by atoms with Crippen LogP contribution >= 0.6 is 0 Å². The molecule has 0 saturated heterocycles. The largest absolute Gasteiger partial charge is 0.496 e. The van der Waals surface area contributed by atoms with E-state index in [2.05, 4.69) is 50.2 Å². The van der Waals surface area contributed by atoms with Gasteiger partial charge in [-0.3, -0.25) is 9.78 Å². The summed E-state index contributed by atoms with van der Waals surface area (Å²) >= 11 is 0. The molecule has 0 N–H and O–H groups in total. The van der Waals surface area contributed by atoms with Crippen molar-refractivity contribution >= 4 is 11.6 Å². The highest BCUT2D eigenvalue weighted by molar-refractivity contribution is 5.88. The molecule has 0 aliphatic heterocycles. The van der Waals surface area contributed by atoms with E-state index >= 15 is 0 Å².